The van der Waals surface area contributed by atoms with Gasteiger partial charge in [0.1, 0.15) is 12.2 Å². The Morgan fingerprint density at radius 3 is 2.30 bits per heavy atom. The summed E-state index contributed by atoms with van der Waals surface area (Å²) in [4.78, 5) is 18.0. The lowest BCUT2D eigenvalue weighted by molar-refractivity contribution is -0.171. The first-order valence-electron chi connectivity index (χ1n) is 11.9. The Morgan fingerprint density at radius 2 is 1.73 bits per heavy atom. The molecule has 1 saturated heterocycles. The van der Waals surface area contributed by atoms with E-state index >= 15 is 0 Å². The summed E-state index contributed by atoms with van der Waals surface area (Å²) in [5.41, 5.74) is -1.70. The van der Waals surface area contributed by atoms with Crippen LogP contribution in [-0.2, 0) is 6.42 Å². The minimum atomic E-state index is -4.74. The van der Waals surface area contributed by atoms with Gasteiger partial charge in [-0.05, 0) is 31.1 Å². The maximum atomic E-state index is 14.6. The van der Waals surface area contributed by atoms with Crippen LogP contribution in [0.15, 0.2) is 16.5 Å². The molecule has 2 atom stereocenters. The molecule has 1 amide bonds. The van der Waals surface area contributed by atoms with Crippen molar-refractivity contribution in [3.05, 3.63) is 35.2 Å². The van der Waals surface area contributed by atoms with Crippen molar-refractivity contribution < 1.29 is 44.7 Å². The molecule has 6 nitrogen and oxygen atoms in total. The zero-order chi connectivity index (χ0) is 26.3. The monoisotopic (exact) mass is 533 g/mol. The van der Waals surface area contributed by atoms with Crippen LogP contribution in [0, 0.1) is 28.9 Å². The molecule has 4 aliphatic rings. The van der Waals surface area contributed by atoms with E-state index in [0.29, 0.717) is 11.8 Å². The van der Waals surface area contributed by atoms with E-state index in [9.17, 15) is 35.5 Å². The number of oxazole rings is 1. The summed E-state index contributed by atoms with van der Waals surface area (Å²) >= 11 is 0. The highest BCUT2D eigenvalue weighted by Gasteiger charge is 2.62. The van der Waals surface area contributed by atoms with Crippen LogP contribution in [0.4, 0.5) is 42.4 Å². The van der Waals surface area contributed by atoms with Crippen molar-refractivity contribution in [1.29, 1.82) is 0 Å². The number of halogens is 7. The Kier molecular flexibility index (Phi) is 5.27. The fourth-order valence-electron chi connectivity index (χ4n) is 5.98. The van der Waals surface area contributed by atoms with Crippen molar-refractivity contribution in [2.24, 2.45) is 17.3 Å². The molecule has 1 aromatic carbocycles. The third-order valence-electron chi connectivity index (χ3n) is 7.59. The zero-order valence-electron chi connectivity index (χ0n) is 19.3. The number of nitrogens with one attached hydrogen (secondary N) is 1. The first kappa shape index (κ1) is 24.4. The molecular formula is C24H22F7N3O3. The SMILES string of the molecule is O=C(Nc1cc(F)c(OC2CC3CC3C2)c(F)c1)c1nc(N2CC3(C2)CC(F)(F)C3)oc1CC(F)(F)F. The molecule has 0 radical (unpaired) electrons. The number of hydrogen-bond donors (Lipinski definition) is 1. The number of ether oxygens (including phenoxy) is 1. The fraction of sp³-hybridized carbons (Fsp3) is 0.583. The first-order valence-corrected chi connectivity index (χ1v) is 11.9. The van der Waals surface area contributed by atoms with Crippen molar-refractivity contribution in [3.63, 3.8) is 0 Å². The average molecular weight is 533 g/mol. The normalized spacial score (nSPS) is 26.9. The quantitative estimate of drug-likeness (QED) is 0.481. The van der Waals surface area contributed by atoms with Crippen molar-refractivity contribution >= 4 is 17.6 Å². The highest BCUT2D eigenvalue weighted by atomic mass is 19.4. The highest BCUT2D eigenvalue weighted by molar-refractivity contribution is 6.03. The maximum Gasteiger partial charge on any atom is 0.396 e. The summed E-state index contributed by atoms with van der Waals surface area (Å²) in [6.45, 7) is 0.214. The Labute approximate surface area is 206 Å². The van der Waals surface area contributed by atoms with E-state index in [-0.39, 0.29) is 43.7 Å². The van der Waals surface area contributed by atoms with Gasteiger partial charge in [0, 0.05) is 49.2 Å². The maximum absolute atomic E-state index is 14.6. The van der Waals surface area contributed by atoms with Gasteiger partial charge in [-0.15, -0.1) is 0 Å². The van der Waals surface area contributed by atoms with Crippen molar-refractivity contribution in [2.45, 2.75) is 56.7 Å². The lowest BCUT2D eigenvalue weighted by Crippen LogP contribution is -2.66. The minimum Gasteiger partial charge on any atom is -0.484 e. The average Bonchev–Trinajstić information content (AvgIpc) is 3.14. The van der Waals surface area contributed by atoms with Gasteiger partial charge in [-0.25, -0.2) is 17.6 Å². The number of rotatable bonds is 6. The number of amides is 1. The zero-order valence-corrected chi connectivity index (χ0v) is 19.3. The molecular weight excluding hydrogens is 511 g/mol. The highest BCUT2D eigenvalue weighted by Crippen LogP contribution is 2.57. The van der Waals surface area contributed by atoms with Gasteiger partial charge in [-0.1, -0.05) is 0 Å². The number of fused-ring (bicyclic) bond motifs is 1. The minimum absolute atomic E-state index is 0.107. The molecule has 13 heteroatoms. The summed E-state index contributed by atoms with van der Waals surface area (Å²) in [5, 5.41) is 2.16. The van der Waals surface area contributed by atoms with Crippen LogP contribution in [0.2, 0.25) is 0 Å². The van der Waals surface area contributed by atoms with Crippen LogP contribution < -0.4 is 15.0 Å². The van der Waals surface area contributed by atoms with E-state index in [2.05, 4.69) is 10.3 Å². The topological polar surface area (TPSA) is 67.6 Å². The van der Waals surface area contributed by atoms with E-state index in [1.165, 1.54) is 4.90 Å². The number of benzene rings is 1. The predicted octanol–water partition coefficient (Wildman–Crippen LogP) is 5.72. The third-order valence-corrected chi connectivity index (χ3v) is 7.59. The Morgan fingerprint density at radius 1 is 1.11 bits per heavy atom. The Hall–Kier alpha value is -2.99. The molecule has 37 heavy (non-hydrogen) atoms. The van der Waals surface area contributed by atoms with Crippen LogP contribution in [-0.4, -0.2) is 42.2 Å². The Balaban J connectivity index is 1.17. The molecule has 3 saturated carbocycles. The molecule has 2 heterocycles. The second-order valence-corrected chi connectivity index (χ2v) is 10.8. The Bertz CT molecular complexity index is 1210. The molecule has 6 rings (SSSR count). The molecule has 1 N–H and O–H groups in total. The molecule has 1 aliphatic heterocycles. The molecule has 2 aromatic rings. The lowest BCUT2D eigenvalue weighted by atomic mass is 9.61. The molecule has 3 aliphatic carbocycles. The summed E-state index contributed by atoms with van der Waals surface area (Å²) in [5.74, 6) is -6.35. The van der Waals surface area contributed by atoms with Gasteiger partial charge in [0.15, 0.2) is 23.1 Å². The summed E-state index contributed by atoms with van der Waals surface area (Å²) < 4.78 is 106. The number of aromatic nitrogens is 1. The van der Waals surface area contributed by atoms with Crippen molar-refractivity contribution in [3.8, 4) is 5.75 Å². The molecule has 200 valence electrons. The largest absolute Gasteiger partial charge is 0.484 e. The fourth-order valence-corrected chi connectivity index (χ4v) is 5.98. The molecule has 1 spiro atoms. The van der Waals surface area contributed by atoms with Crippen molar-refractivity contribution in [1.82, 2.24) is 4.98 Å². The van der Waals surface area contributed by atoms with Crippen LogP contribution in [0.1, 0.15) is 48.4 Å². The number of hydrogen-bond acceptors (Lipinski definition) is 5. The van der Waals surface area contributed by atoms with Crippen LogP contribution in [0.3, 0.4) is 0 Å². The van der Waals surface area contributed by atoms with E-state index < -0.39 is 58.7 Å². The van der Waals surface area contributed by atoms with E-state index in [1.807, 2.05) is 0 Å². The number of carbonyl (C=O) groups excluding carboxylic acids is 1. The lowest BCUT2D eigenvalue weighted by Gasteiger charge is -2.58. The molecule has 4 fully saturated rings. The van der Waals surface area contributed by atoms with E-state index in [1.54, 1.807) is 0 Å². The summed E-state index contributed by atoms with van der Waals surface area (Å²) in [6.07, 6.45) is -4.77. The number of alkyl halides is 5. The molecule has 1 aromatic heterocycles. The van der Waals surface area contributed by atoms with Crippen LogP contribution in [0.25, 0.3) is 0 Å². The van der Waals surface area contributed by atoms with Gasteiger partial charge >= 0.3 is 6.18 Å². The van der Waals surface area contributed by atoms with Crippen LogP contribution in [0.5, 0.6) is 5.75 Å². The van der Waals surface area contributed by atoms with Gasteiger partial charge < -0.3 is 19.4 Å². The predicted molar refractivity (Wildman–Crippen MR) is 115 cm³/mol. The summed E-state index contributed by atoms with van der Waals surface area (Å²) in [6, 6.07) is 1.32. The molecule has 0 bridgehead atoms. The van der Waals surface area contributed by atoms with E-state index in [0.717, 1.165) is 31.4 Å². The van der Waals surface area contributed by atoms with Gasteiger partial charge in [0.05, 0.1) is 6.10 Å². The van der Waals surface area contributed by atoms with Crippen LogP contribution >= 0.6 is 0 Å². The van der Waals surface area contributed by atoms with Crippen molar-refractivity contribution in [2.75, 3.05) is 23.3 Å². The second-order valence-electron chi connectivity index (χ2n) is 10.8. The number of nitrogens with zero attached hydrogens (tertiary/aromatic N) is 2. The summed E-state index contributed by atoms with van der Waals surface area (Å²) in [7, 11) is 0. The van der Waals surface area contributed by atoms with Gasteiger partial charge in [-0.2, -0.15) is 18.2 Å². The van der Waals surface area contributed by atoms with Gasteiger partial charge in [0.25, 0.3) is 11.9 Å². The first-order chi connectivity index (χ1) is 17.3. The smallest absolute Gasteiger partial charge is 0.396 e. The second kappa shape index (κ2) is 8.00. The van der Waals surface area contributed by atoms with Gasteiger partial charge in [-0.3, -0.25) is 4.79 Å². The van der Waals surface area contributed by atoms with E-state index in [4.69, 9.17) is 9.15 Å². The standard InChI is InChI=1S/C24H22F7N3O3/c25-15-4-13(5-16(26)19(15)36-14-2-11-1-12(11)3-14)32-20(35)18-17(6-24(29,30)31)37-21(33-18)34-9-22(10-34)7-23(27,28)8-22/h4-5,11-12,14H,1-3,6-10H2,(H,32,35). The van der Waals surface area contributed by atoms with Gasteiger partial charge in [0.2, 0.25) is 5.92 Å². The molecule has 2 unspecified atom stereocenters. The number of carbonyl (C=O) groups is 1. The number of anilines is 2. The third kappa shape index (κ3) is 4.72.